The third-order valence-corrected chi connectivity index (χ3v) is 12.2. The molecule has 10 bridgehead atoms. The van der Waals surface area contributed by atoms with Crippen molar-refractivity contribution in [3.05, 3.63) is 78.0 Å². The summed E-state index contributed by atoms with van der Waals surface area (Å²) >= 11 is 0. The number of ether oxygens (including phenoxy) is 3. The van der Waals surface area contributed by atoms with E-state index in [9.17, 15) is 4.39 Å². The minimum absolute atomic E-state index is 0.0246. The number of imidazole rings is 1. The molecule has 5 atom stereocenters. The number of hydrogen-bond donors (Lipinski definition) is 1. The zero-order chi connectivity index (χ0) is 39.8. The summed E-state index contributed by atoms with van der Waals surface area (Å²) in [5, 5.41) is 9.08. The van der Waals surface area contributed by atoms with Gasteiger partial charge in [0.1, 0.15) is 59.0 Å². The molecule has 0 aliphatic carbocycles. The van der Waals surface area contributed by atoms with Crippen LogP contribution in [0.3, 0.4) is 0 Å². The highest BCUT2D eigenvalue weighted by atomic mass is 19.1. The zero-order valence-electron chi connectivity index (χ0n) is 32.6. The van der Waals surface area contributed by atoms with Gasteiger partial charge in [0.25, 0.3) is 0 Å². The second-order valence-electron chi connectivity index (χ2n) is 16.1. The topological polar surface area (TPSA) is 141 Å². The maximum absolute atomic E-state index is 15.2. The highest BCUT2D eigenvalue weighted by Crippen LogP contribution is 2.37. The molecular weight excluding hydrogens is 761 g/mol. The molecule has 11 rings (SSSR count). The normalized spacial score (nSPS) is 24.6. The van der Waals surface area contributed by atoms with Crippen LogP contribution in [-0.4, -0.2) is 133 Å². The summed E-state index contributed by atoms with van der Waals surface area (Å²) in [6.07, 6.45) is 2.80. The van der Waals surface area contributed by atoms with Gasteiger partial charge in [0.2, 0.25) is 5.91 Å². The molecule has 0 saturated carbocycles. The lowest BCUT2D eigenvalue weighted by atomic mass is 10.1. The van der Waals surface area contributed by atoms with Crippen LogP contribution in [-0.2, 0) is 27.2 Å². The molecule has 3 saturated heterocycles. The Labute approximate surface area is 337 Å². The molecule has 6 aromatic rings. The number of pyridine rings is 1. The highest BCUT2D eigenvalue weighted by Gasteiger charge is 2.42. The standard InChI is InChI=1S/C42H43F2N11O4/c1-24-46-33-15-26(44)14-30-32-4-2-5-37(48-32)47-27-17-35(42(56)52-8-3-11-57-29(22-52)23-53(24)39(30)33)54(20-27)40-31-19-45-55-34-7-6-25(43)16-36(34)59-13-10-51-9-12-58-28(21-51)18-38(49-40)50-41(31)55/h2,4-7,14-16,19,27-29,35H,3,8-13,17-18,20-23H2,1H3,(H,47,48)/t27-,28+,29+,35-/m0/s1. The van der Waals surface area contributed by atoms with Crippen molar-refractivity contribution in [3.63, 3.8) is 0 Å². The van der Waals surface area contributed by atoms with Crippen LogP contribution in [0.25, 0.3) is 39.0 Å². The van der Waals surface area contributed by atoms with E-state index >= 15 is 9.18 Å². The molecule has 1 amide bonds. The van der Waals surface area contributed by atoms with Gasteiger partial charge in [-0.1, -0.05) is 6.07 Å². The molecule has 5 aliphatic rings. The number of nitrogens with zero attached hydrogens (tertiary/aromatic N) is 10. The van der Waals surface area contributed by atoms with Crippen molar-refractivity contribution in [2.75, 3.05) is 69.3 Å². The summed E-state index contributed by atoms with van der Waals surface area (Å²) in [6.45, 7) is 7.13. The van der Waals surface area contributed by atoms with Crippen LogP contribution >= 0.6 is 0 Å². The number of halogens is 2. The summed E-state index contributed by atoms with van der Waals surface area (Å²) in [5.74, 6) is 1.98. The van der Waals surface area contributed by atoms with Gasteiger partial charge in [0.05, 0.1) is 53.7 Å². The fourth-order valence-electron chi connectivity index (χ4n) is 9.47. The zero-order valence-corrected chi connectivity index (χ0v) is 32.6. The third-order valence-electron chi connectivity index (χ3n) is 12.2. The van der Waals surface area contributed by atoms with Gasteiger partial charge in [-0.25, -0.2) is 33.4 Å². The monoisotopic (exact) mass is 803 g/mol. The van der Waals surface area contributed by atoms with Crippen molar-refractivity contribution in [1.82, 2.24) is 44.1 Å². The molecule has 0 radical (unpaired) electrons. The van der Waals surface area contributed by atoms with E-state index in [1.54, 1.807) is 16.9 Å². The molecule has 1 unspecified atom stereocenters. The van der Waals surface area contributed by atoms with Crippen molar-refractivity contribution >= 4 is 39.6 Å². The van der Waals surface area contributed by atoms with Crippen LogP contribution in [0.1, 0.15) is 24.5 Å². The van der Waals surface area contributed by atoms with E-state index in [2.05, 4.69) is 19.7 Å². The van der Waals surface area contributed by atoms with Gasteiger partial charge >= 0.3 is 0 Å². The first-order chi connectivity index (χ1) is 28.8. The molecule has 17 heteroatoms. The van der Waals surface area contributed by atoms with E-state index < -0.39 is 17.7 Å². The SMILES string of the molecule is Cc1nc2cc(F)cc3c2n1C[C@H]1CN(CCCO1)C(=O)[C@@H]1C[C@@H](CN1c1nc2nc4c1cnn4-c1ccc(F)cc1OCCN1CCO[C@H](C2)C1)Nc1cccc-3n1. The summed E-state index contributed by atoms with van der Waals surface area (Å²) < 4.78 is 52.5. The first-order valence-electron chi connectivity index (χ1n) is 20.4. The highest BCUT2D eigenvalue weighted by molar-refractivity contribution is 5.94. The Morgan fingerprint density at radius 2 is 1.76 bits per heavy atom. The van der Waals surface area contributed by atoms with Crippen molar-refractivity contribution in [3.8, 4) is 22.7 Å². The van der Waals surface area contributed by atoms with Crippen molar-refractivity contribution in [2.24, 2.45) is 0 Å². The van der Waals surface area contributed by atoms with E-state index in [1.165, 1.54) is 24.3 Å². The number of aryl methyl sites for hydroxylation is 1. The number of nitrogens with one attached hydrogen (secondary N) is 1. The van der Waals surface area contributed by atoms with Gasteiger partial charge in [0.15, 0.2) is 5.65 Å². The average molecular weight is 804 g/mol. The van der Waals surface area contributed by atoms with Crippen LogP contribution < -0.4 is 15.0 Å². The number of aromatic nitrogens is 7. The van der Waals surface area contributed by atoms with Gasteiger partial charge < -0.3 is 33.9 Å². The van der Waals surface area contributed by atoms with E-state index in [0.29, 0.717) is 135 Å². The third kappa shape index (κ3) is 6.60. The lowest BCUT2D eigenvalue weighted by Gasteiger charge is -2.33. The van der Waals surface area contributed by atoms with Gasteiger partial charge in [0, 0.05) is 76.0 Å². The van der Waals surface area contributed by atoms with Crippen LogP contribution in [0.15, 0.2) is 54.7 Å². The van der Waals surface area contributed by atoms with E-state index in [-0.39, 0.29) is 24.2 Å². The first kappa shape index (κ1) is 36.3. The Hall–Kier alpha value is -5.78. The Morgan fingerprint density at radius 3 is 2.69 bits per heavy atom. The number of carbonyl (C=O) groups is 1. The van der Waals surface area contributed by atoms with E-state index in [0.717, 1.165) is 17.9 Å². The summed E-state index contributed by atoms with van der Waals surface area (Å²) in [7, 11) is 0. The molecule has 3 fully saturated rings. The summed E-state index contributed by atoms with van der Waals surface area (Å²) in [6, 6.07) is 12.2. The second-order valence-corrected chi connectivity index (χ2v) is 16.1. The van der Waals surface area contributed by atoms with Crippen LogP contribution in [0.4, 0.5) is 20.4 Å². The van der Waals surface area contributed by atoms with E-state index in [4.69, 9.17) is 39.2 Å². The lowest BCUT2D eigenvalue weighted by molar-refractivity contribution is -0.133. The molecule has 59 heavy (non-hydrogen) atoms. The van der Waals surface area contributed by atoms with Crippen molar-refractivity contribution in [2.45, 2.75) is 57.0 Å². The van der Waals surface area contributed by atoms with Crippen LogP contribution in [0.5, 0.6) is 5.75 Å². The molecule has 1 N–H and O–H groups in total. The van der Waals surface area contributed by atoms with Gasteiger partial charge in [-0.05, 0) is 50.1 Å². The number of rotatable bonds is 1. The Bertz CT molecular complexity index is 2620. The Morgan fingerprint density at radius 1 is 0.864 bits per heavy atom. The van der Waals surface area contributed by atoms with Gasteiger partial charge in [-0.2, -0.15) is 5.10 Å². The van der Waals surface area contributed by atoms with Crippen molar-refractivity contribution in [1.29, 1.82) is 0 Å². The maximum Gasteiger partial charge on any atom is 0.245 e. The number of morpholine rings is 1. The van der Waals surface area contributed by atoms with Gasteiger partial charge in [-0.3, -0.25) is 9.69 Å². The number of fused-ring (bicyclic) bond motifs is 12. The molecule has 2 aromatic carbocycles. The average Bonchev–Trinajstić information content (AvgIpc) is 3.86. The fraction of sp³-hybridized carbons (Fsp3) is 0.429. The quantitative estimate of drug-likeness (QED) is 0.256. The maximum atomic E-state index is 15.2. The second kappa shape index (κ2) is 14.5. The first-order valence-corrected chi connectivity index (χ1v) is 20.4. The van der Waals surface area contributed by atoms with Crippen molar-refractivity contribution < 1.29 is 27.8 Å². The fourth-order valence-corrected chi connectivity index (χ4v) is 9.47. The number of anilines is 2. The molecular formula is C42H43F2N11O4. The summed E-state index contributed by atoms with van der Waals surface area (Å²) in [5.41, 5.74) is 3.62. The number of amides is 1. The number of benzene rings is 2. The van der Waals surface area contributed by atoms with Crippen LogP contribution in [0.2, 0.25) is 0 Å². The molecule has 0 spiro atoms. The van der Waals surface area contributed by atoms with E-state index in [1.807, 2.05) is 30.0 Å². The molecule has 15 nitrogen and oxygen atoms in total. The minimum Gasteiger partial charge on any atom is -0.490 e. The molecule has 5 aliphatic heterocycles. The predicted octanol–water partition coefficient (Wildman–Crippen LogP) is 4.14. The summed E-state index contributed by atoms with van der Waals surface area (Å²) in [4.78, 5) is 41.5. The molecule has 9 heterocycles. The van der Waals surface area contributed by atoms with Crippen LogP contribution in [0, 0.1) is 18.6 Å². The predicted molar refractivity (Wildman–Crippen MR) is 214 cm³/mol. The number of carbonyl (C=O) groups excluding carboxylic acids is 1. The Kier molecular flexibility index (Phi) is 8.92. The van der Waals surface area contributed by atoms with Gasteiger partial charge in [-0.15, -0.1) is 0 Å². The Balaban J connectivity index is 1.05. The minimum atomic E-state index is -0.602. The lowest BCUT2D eigenvalue weighted by Crippen LogP contribution is -2.48. The molecule has 4 aromatic heterocycles. The number of hydrogen-bond acceptors (Lipinski definition) is 12. The smallest absolute Gasteiger partial charge is 0.245 e. The molecule has 304 valence electrons. The largest absolute Gasteiger partial charge is 0.490 e.